The molecular formula is C14H25NO3S. The zero-order valence-electron chi connectivity index (χ0n) is 12.1. The molecule has 19 heavy (non-hydrogen) atoms. The molecule has 1 unspecified atom stereocenters. The van der Waals surface area contributed by atoms with E-state index in [1.54, 1.807) is 6.26 Å². The van der Waals surface area contributed by atoms with E-state index in [-0.39, 0.29) is 11.8 Å². The second-order valence-corrected chi connectivity index (χ2v) is 7.19. The van der Waals surface area contributed by atoms with E-state index in [0.717, 1.165) is 31.6 Å². The van der Waals surface area contributed by atoms with Crippen LogP contribution in [0.5, 0.6) is 0 Å². The Kier molecular flexibility index (Phi) is 6.58. The van der Waals surface area contributed by atoms with E-state index < -0.39 is 9.84 Å². The minimum atomic E-state index is -2.88. The molecule has 0 aliphatic rings. The predicted octanol–water partition coefficient (Wildman–Crippen LogP) is 2.71. The zero-order chi connectivity index (χ0) is 14.3. The van der Waals surface area contributed by atoms with Gasteiger partial charge in [0.2, 0.25) is 0 Å². The first-order valence-electron chi connectivity index (χ1n) is 6.95. The molecule has 0 saturated carbocycles. The third kappa shape index (κ3) is 5.78. The van der Waals surface area contributed by atoms with Crippen molar-refractivity contribution in [2.75, 3.05) is 18.6 Å². The van der Waals surface area contributed by atoms with Gasteiger partial charge in [-0.25, -0.2) is 8.42 Å². The van der Waals surface area contributed by atoms with Gasteiger partial charge in [0, 0.05) is 30.0 Å². The molecule has 0 aliphatic heterocycles. The highest BCUT2D eigenvalue weighted by atomic mass is 32.2. The van der Waals surface area contributed by atoms with Crippen LogP contribution in [0.4, 0.5) is 0 Å². The Balaban J connectivity index is 2.66. The van der Waals surface area contributed by atoms with Crippen LogP contribution in [-0.2, 0) is 16.3 Å². The van der Waals surface area contributed by atoms with E-state index in [0.29, 0.717) is 6.42 Å². The Morgan fingerprint density at radius 3 is 2.68 bits per heavy atom. The van der Waals surface area contributed by atoms with E-state index in [1.807, 2.05) is 6.07 Å². The fourth-order valence-electron chi connectivity index (χ4n) is 2.18. The van der Waals surface area contributed by atoms with Crippen molar-refractivity contribution in [1.82, 2.24) is 5.32 Å². The molecule has 110 valence electrons. The number of nitrogens with one attached hydrogen (secondary N) is 1. The minimum absolute atomic E-state index is 0.190. The molecule has 0 aliphatic carbocycles. The summed E-state index contributed by atoms with van der Waals surface area (Å²) in [6.07, 6.45) is 6.41. The van der Waals surface area contributed by atoms with Crippen molar-refractivity contribution in [2.24, 2.45) is 0 Å². The second-order valence-electron chi connectivity index (χ2n) is 4.93. The summed E-state index contributed by atoms with van der Waals surface area (Å²) < 4.78 is 27.9. The van der Waals surface area contributed by atoms with Crippen LogP contribution in [0, 0.1) is 0 Å². The summed E-state index contributed by atoms with van der Waals surface area (Å²) in [6, 6.07) is 2.18. The molecule has 0 amide bonds. The van der Waals surface area contributed by atoms with Crippen molar-refractivity contribution in [3.63, 3.8) is 0 Å². The topological polar surface area (TPSA) is 59.3 Å². The lowest BCUT2D eigenvalue weighted by molar-refractivity contribution is 0.464. The van der Waals surface area contributed by atoms with E-state index >= 15 is 0 Å². The highest BCUT2D eigenvalue weighted by Crippen LogP contribution is 2.24. The molecule has 0 saturated heterocycles. The average molecular weight is 287 g/mol. The van der Waals surface area contributed by atoms with Crippen molar-refractivity contribution in [3.05, 3.63) is 23.7 Å². The zero-order valence-corrected chi connectivity index (χ0v) is 12.9. The van der Waals surface area contributed by atoms with Crippen LogP contribution in [0.25, 0.3) is 0 Å². The molecule has 0 bridgehead atoms. The van der Waals surface area contributed by atoms with Gasteiger partial charge in [0.25, 0.3) is 0 Å². The monoisotopic (exact) mass is 287 g/mol. The van der Waals surface area contributed by atoms with Crippen LogP contribution in [-0.4, -0.2) is 27.0 Å². The van der Waals surface area contributed by atoms with Crippen molar-refractivity contribution in [1.29, 1.82) is 0 Å². The van der Waals surface area contributed by atoms with Gasteiger partial charge < -0.3 is 9.73 Å². The number of rotatable bonds is 9. The predicted molar refractivity (Wildman–Crippen MR) is 78.1 cm³/mol. The van der Waals surface area contributed by atoms with Crippen LogP contribution in [0.2, 0.25) is 0 Å². The first-order valence-corrected chi connectivity index (χ1v) is 9.01. The molecule has 1 aromatic rings. The van der Waals surface area contributed by atoms with Gasteiger partial charge in [-0.1, -0.05) is 13.8 Å². The Morgan fingerprint density at radius 2 is 2.11 bits per heavy atom. The third-order valence-corrected chi connectivity index (χ3v) is 4.16. The SMILES string of the molecule is CCCNC(CCCS(C)(=O)=O)c1ccoc1CC. The van der Waals surface area contributed by atoms with Gasteiger partial charge in [-0.2, -0.15) is 0 Å². The summed E-state index contributed by atoms with van der Waals surface area (Å²) in [5, 5.41) is 3.48. The third-order valence-electron chi connectivity index (χ3n) is 3.13. The lowest BCUT2D eigenvalue weighted by Gasteiger charge is -2.18. The quantitative estimate of drug-likeness (QED) is 0.758. The van der Waals surface area contributed by atoms with Crippen molar-refractivity contribution in [2.45, 2.75) is 45.6 Å². The largest absolute Gasteiger partial charge is 0.469 e. The first kappa shape index (κ1) is 16.2. The van der Waals surface area contributed by atoms with Crippen LogP contribution in [0.15, 0.2) is 16.7 Å². The summed E-state index contributed by atoms with van der Waals surface area (Å²) in [4.78, 5) is 0. The molecule has 0 radical (unpaired) electrons. The fraction of sp³-hybridized carbons (Fsp3) is 0.714. The van der Waals surface area contributed by atoms with Crippen LogP contribution in [0.1, 0.15) is 50.5 Å². The molecule has 0 fully saturated rings. The van der Waals surface area contributed by atoms with E-state index in [4.69, 9.17) is 4.42 Å². The second kappa shape index (κ2) is 7.70. The number of hydrogen-bond donors (Lipinski definition) is 1. The fourth-order valence-corrected chi connectivity index (χ4v) is 2.88. The van der Waals surface area contributed by atoms with Crippen molar-refractivity contribution in [3.8, 4) is 0 Å². The highest BCUT2D eigenvalue weighted by molar-refractivity contribution is 7.90. The molecule has 5 heteroatoms. The Bertz CT molecular complexity index is 465. The summed E-state index contributed by atoms with van der Waals surface area (Å²) in [7, 11) is -2.88. The summed E-state index contributed by atoms with van der Waals surface area (Å²) in [5.74, 6) is 1.24. The highest BCUT2D eigenvalue weighted by Gasteiger charge is 2.17. The Labute approximate surface area is 116 Å². The molecule has 1 aromatic heterocycles. The van der Waals surface area contributed by atoms with Crippen LogP contribution >= 0.6 is 0 Å². The molecule has 0 aromatic carbocycles. The molecule has 1 heterocycles. The molecule has 0 spiro atoms. The van der Waals surface area contributed by atoms with Gasteiger partial charge in [0.15, 0.2) is 0 Å². The van der Waals surface area contributed by atoms with Crippen molar-refractivity contribution >= 4 is 9.84 Å². The van der Waals surface area contributed by atoms with Gasteiger partial charge in [-0.15, -0.1) is 0 Å². The lowest BCUT2D eigenvalue weighted by atomic mass is 10.0. The maximum atomic E-state index is 11.2. The van der Waals surface area contributed by atoms with E-state index in [1.165, 1.54) is 11.8 Å². The number of hydrogen-bond acceptors (Lipinski definition) is 4. The number of sulfone groups is 1. The maximum Gasteiger partial charge on any atom is 0.147 e. The van der Waals surface area contributed by atoms with Crippen LogP contribution in [0.3, 0.4) is 0 Å². The lowest BCUT2D eigenvalue weighted by Crippen LogP contribution is -2.23. The number of furan rings is 1. The smallest absolute Gasteiger partial charge is 0.147 e. The molecule has 1 N–H and O–H groups in total. The standard InChI is InChI=1S/C14H25NO3S/c1-4-9-15-13(7-6-11-19(3,16)17)12-8-10-18-14(12)5-2/h8,10,13,15H,4-7,9,11H2,1-3H3. The minimum Gasteiger partial charge on any atom is -0.469 e. The van der Waals surface area contributed by atoms with E-state index in [2.05, 4.69) is 19.2 Å². The average Bonchev–Trinajstić information content (AvgIpc) is 2.80. The Hall–Kier alpha value is -0.810. The summed E-state index contributed by atoms with van der Waals surface area (Å²) >= 11 is 0. The summed E-state index contributed by atoms with van der Waals surface area (Å²) in [5.41, 5.74) is 1.17. The van der Waals surface area contributed by atoms with Gasteiger partial charge in [0.05, 0.1) is 6.26 Å². The van der Waals surface area contributed by atoms with Crippen molar-refractivity contribution < 1.29 is 12.8 Å². The number of aryl methyl sites for hydroxylation is 1. The van der Waals surface area contributed by atoms with Gasteiger partial charge in [-0.05, 0) is 31.9 Å². The van der Waals surface area contributed by atoms with E-state index in [9.17, 15) is 8.42 Å². The summed E-state index contributed by atoms with van der Waals surface area (Å²) in [6.45, 7) is 5.12. The first-order chi connectivity index (χ1) is 8.98. The molecule has 4 nitrogen and oxygen atoms in total. The van der Waals surface area contributed by atoms with Gasteiger partial charge in [0.1, 0.15) is 15.6 Å². The maximum absolute atomic E-state index is 11.2. The van der Waals surface area contributed by atoms with Gasteiger partial charge >= 0.3 is 0 Å². The van der Waals surface area contributed by atoms with Crippen LogP contribution < -0.4 is 5.32 Å². The molecular weight excluding hydrogens is 262 g/mol. The van der Waals surface area contributed by atoms with Gasteiger partial charge in [-0.3, -0.25) is 0 Å². The Morgan fingerprint density at radius 1 is 1.37 bits per heavy atom. The molecule has 1 atom stereocenters. The normalized spacial score (nSPS) is 13.6. The molecule has 1 rings (SSSR count).